The highest BCUT2D eigenvalue weighted by molar-refractivity contribution is 4.62. The lowest BCUT2D eigenvalue weighted by molar-refractivity contribution is 0.433. The quantitative estimate of drug-likeness (QED) is 0.301. The molecule has 0 rings (SSSR count). The molecule has 0 aromatic carbocycles. The Morgan fingerprint density at radius 2 is 1.28 bits per heavy atom. The summed E-state index contributed by atoms with van der Waals surface area (Å²) in [6.45, 7) is 10.1. The molecule has 0 aromatic heterocycles. The summed E-state index contributed by atoms with van der Waals surface area (Å²) in [5.74, 6) is 0.942. The van der Waals surface area contributed by atoms with Gasteiger partial charge < -0.3 is 0 Å². The maximum atomic E-state index is 5.36. The highest BCUT2D eigenvalue weighted by Gasteiger charge is 2.01. The first-order valence-corrected chi connectivity index (χ1v) is 8.34. The molecule has 0 N–H and O–H groups in total. The van der Waals surface area contributed by atoms with Crippen molar-refractivity contribution < 1.29 is 0 Å². The molecule has 0 saturated carbocycles. The Morgan fingerprint density at radius 1 is 0.778 bits per heavy atom. The van der Waals surface area contributed by atoms with Gasteiger partial charge in [0.15, 0.2) is 0 Å². The van der Waals surface area contributed by atoms with Gasteiger partial charge in [-0.3, -0.25) is 0 Å². The van der Waals surface area contributed by atoms with Crippen molar-refractivity contribution in [1.82, 2.24) is 0 Å². The molecule has 107 valence electrons. The van der Waals surface area contributed by atoms with E-state index in [0.717, 1.165) is 12.3 Å². The van der Waals surface area contributed by atoms with Crippen LogP contribution in [0.5, 0.6) is 0 Å². The summed E-state index contributed by atoms with van der Waals surface area (Å²) in [6.07, 6.45) is 19.8. The van der Waals surface area contributed by atoms with Crippen molar-refractivity contribution in [3.63, 3.8) is 0 Å². The van der Waals surface area contributed by atoms with Crippen molar-refractivity contribution in [2.75, 3.05) is 0 Å². The molecule has 1 atom stereocenters. The highest BCUT2D eigenvalue weighted by atomic mass is 14.1. The first kappa shape index (κ1) is 17.7. The summed E-state index contributed by atoms with van der Waals surface area (Å²) in [6, 6.07) is 0. The lowest BCUT2D eigenvalue weighted by Gasteiger charge is -2.10. The summed E-state index contributed by atoms with van der Waals surface area (Å²) in [4.78, 5) is 0. The molecule has 1 unspecified atom stereocenters. The monoisotopic (exact) mass is 251 g/mol. The molecule has 0 amide bonds. The van der Waals surface area contributed by atoms with E-state index in [1.807, 2.05) is 0 Å². The van der Waals surface area contributed by atoms with E-state index in [9.17, 15) is 0 Å². The molecule has 0 heteroatoms. The number of hydrogen-bond acceptors (Lipinski definition) is 0. The average Bonchev–Trinajstić information content (AvgIpc) is 2.38. The average molecular weight is 251 g/mol. The van der Waals surface area contributed by atoms with Gasteiger partial charge in [0.25, 0.3) is 0 Å². The molecule has 0 aliphatic carbocycles. The van der Waals surface area contributed by atoms with Gasteiger partial charge in [-0.05, 0) is 18.8 Å². The smallest absolute Gasteiger partial charge is 0.0348 e. The largest absolute Gasteiger partial charge is 0.0845 e. The second-order valence-electron chi connectivity index (χ2n) is 5.89. The van der Waals surface area contributed by atoms with Gasteiger partial charge >= 0.3 is 0 Å². The lowest BCUT2D eigenvalue weighted by atomic mass is 9.96. The zero-order valence-corrected chi connectivity index (χ0v) is 12.9. The molecular formula is C18H35. The minimum absolute atomic E-state index is 0.942. The minimum atomic E-state index is 0.942. The van der Waals surface area contributed by atoms with Gasteiger partial charge in [0.2, 0.25) is 0 Å². The van der Waals surface area contributed by atoms with Gasteiger partial charge in [-0.1, -0.05) is 97.1 Å². The van der Waals surface area contributed by atoms with Crippen molar-refractivity contribution in [2.45, 2.75) is 97.3 Å². The Morgan fingerprint density at radius 3 is 1.83 bits per heavy atom. The van der Waals surface area contributed by atoms with E-state index in [2.05, 4.69) is 13.8 Å². The molecule has 0 bridgehead atoms. The standard InChI is InChI=1S/C18H35/c1-4-6-8-10-12-14-16-18(3)17-15-13-11-9-7-5-2/h1,4,18H,5-17H2,2-3H3. The number of unbranched alkanes of at least 4 members (excludes halogenated alkanes) is 9. The van der Waals surface area contributed by atoms with Gasteiger partial charge in [0.1, 0.15) is 0 Å². The molecule has 0 aliphatic rings. The van der Waals surface area contributed by atoms with Gasteiger partial charge in [0.05, 0.1) is 0 Å². The van der Waals surface area contributed by atoms with E-state index in [1.54, 1.807) is 6.08 Å². The number of allylic oxidation sites excluding steroid dienone is 1. The van der Waals surface area contributed by atoms with E-state index in [0.29, 0.717) is 0 Å². The minimum Gasteiger partial charge on any atom is -0.0845 e. The van der Waals surface area contributed by atoms with Crippen LogP contribution in [0.2, 0.25) is 0 Å². The zero-order valence-electron chi connectivity index (χ0n) is 12.9. The zero-order chi connectivity index (χ0) is 13.5. The van der Waals surface area contributed by atoms with Crippen molar-refractivity contribution >= 4 is 0 Å². The van der Waals surface area contributed by atoms with Crippen LogP contribution in [0.4, 0.5) is 0 Å². The summed E-state index contributed by atoms with van der Waals surface area (Å²) >= 11 is 0. The summed E-state index contributed by atoms with van der Waals surface area (Å²) in [7, 11) is 0. The molecule has 0 heterocycles. The van der Waals surface area contributed by atoms with Gasteiger partial charge in [0, 0.05) is 0 Å². The van der Waals surface area contributed by atoms with Gasteiger partial charge in [-0.2, -0.15) is 0 Å². The second kappa shape index (κ2) is 14.8. The van der Waals surface area contributed by atoms with Crippen LogP contribution in [0.3, 0.4) is 0 Å². The predicted octanol–water partition coefficient (Wildman–Crippen LogP) is 6.70. The van der Waals surface area contributed by atoms with Crippen LogP contribution >= 0.6 is 0 Å². The normalized spacial score (nSPS) is 12.6. The molecule has 0 saturated heterocycles. The van der Waals surface area contributed by atoms with Crippen LogP contribution in [0, 0.1) is 12.5 Å². The molecule has 0 aromatic rings. The second-order valence-corrected chi connectivity index (χ2v) is 5.89. The summed E-state index contributed by atoms with van der Waals surface area (Å²) in [5.41, 5.74) is 0. The topological polar surface area (TPSA) is 0 Å². The molecule has 0 spiro atoms. The fourth-order valence-electron chi connectivity index (χ4n) is 2.53. The van der Waals surface area contributed by atoms with Crippen LogP contribution < -0.4 is 0 Å². The SMILES string of the molecule is [CH]=CCCCCCCC(C)CCCCCCCC. The lowest BCUT2D eigenvalue weighted by Crippen LogP contribution is -1.95. The fraction of sp³-hybridized carbons (Fsp3) is 0.889. The van der Waals surface area contributed by atoms with E-state index < -0.39 is 0 Å². The molecule has 1 radical (unpaired) electrons. The van der Waals surface area contributed by atoms with E-state index in [1.165, 1.54) is 77.0 Å². The maximum Gasteiger partial charge on any atom is -0.0348 e. The third-order valence-corrected chi connectivity index (χ3v) is 3.87. The van der Waals surface area contributed by atoms with Crippen molar-refractivity contribution in [2.24, 2.45) is 5.92 Å². The summed E-state index contributed by atoms with van der Waals surface area (Å²) in [5, 5.41) is 0. The maximum absolute atomic E-state index is 5.36. The Bertz CT molecular complexity index is 159. The number of hydrogen-bond donors (Lipinski definition) is 0. The first-order chi connectivity index (χ1) is 8.81. The van der Waals surface area contributed by atoms with Crippen LogP contribution in [0.25, 0.3) is 0 Å². The Labute approximate surface area is 116 Å². The van der Waals surface area contributed by atoms with Crippen molar-refractivity contribution in [3.05, 3.63) is 12.7 Å². The fourth-order valence-corrected chi connectivity index (χ4v) is 2.53. The van der Waals surface area contributed by atoms with Gasteiger partial charge in [-0.15, -0.1) is 0 Å². The Balaban J connectivity index is 3.12. The molecule has 0 nitrogen and oxygen atoms in total. The van der Waals surface area contributed by atoms with Crippen LogP contribution in [0.1, 0.15) is 97.3 Å². The molecular weight excluding hydrogens is 216 g/mol. The first-order valence-electron chi connectivity index (χ1n) is 8.34. The molecule has 18 heavy (non-hydrogen) atoms. The Kier molecular flexibility index (Phi) is 14.6. The third-order valence-electron chi connectivity index (χ3n) is 3.87. The molecule has 0 fully saturated rings. The highest BCUT2D eigenvalue weighted by Crippen LogP contribution is 2.18. The van der Waals surface area contributed by atoms with Crippen LogP contribution in [-0.4, -0.2) is 0 Å². The van der Waals surface area contributed by atoms with Crippen LogP contribution in [0.15, 0.2) is 6.08 Å². The van der Waals surface area contributed by atoms with E-state index in [-0.39, 0.29) is 0 Å². The van der Waals surface area contributed by atoms with Crippen molar-refractivity contribution in [3.8, 4) is 0 Å². The molecule has 0 aliphatic heterocycles. The van der Waals surface area contributed by atoms with Crippen molar-refractivity contribution in [1.29, 1.82) is 0 Å². The van der Waals surface area contributed by atoms with Gasteiger partial charge in [-0.25, -0.2) is 0 Å². The van der Waals surface area contributed by atoms with E-state index in [4.69, 9.17) is 6.58 Å². The predicted molar refractivity (Wildman–Crippen MR) is 83.7 cm³/mol. The third kappa shape index (κ3) is 13.8. The van der Waals surface area contributed by atoms with Crippen LogP contribution in [-0.2, 0) is 0 Å². The summed E-state index contributed by atoms with van der Waals surface area (Å²) < 4.78 is 0. The number of rotatable bonds is 14. The Hall–Kier alpha value is -0.260. The van der Waals surface area contributed by atoms with E-state index >= 15 is 0 Å².